The Morgan fingerprint density at radius 2 is 2.00 bits per heavy atom. The second kappa shape index (κ2) is 4.77. The molecule has 0 aliphatic rings. The van der Waals surface area contributed by atoms with Gasteiger partial charge in [-0.05, 0) is 38.5 Å². The Morgan fingerprint density at radius 3 is 2.53 bits per heavy atom. The van der Waals surface area contributed by atoms with Crippen molar-refractivity contribution in [2.24, 2.45) is 0 Å². The Kier molecular flexibility index (Phi) is 3.66. The van der Waals surface area contributed by atoms with Crippen molar-refractivity contribution >= 4 is 6.09 Å². The Morgan fingerprint density at radius 1 is 1.40 bits per heavy atom. The molecule has 0 fully saturated rings. The standard InChI is InChI=1S/C11H16N2O2/c1-11(2,3)15-10(14)13-8-9-4-6-12-7-5-9/h4-7H,8H2,1-3H3,(H,13,14). The maximum absolute atomic E-state index is 11.3. The Labute approximate surface area is 89.7 Å². The quantitative estimate of drug-likeness (QED) is 0.809. The number of hydrogen-bond donors (Lipinski definition) is 1. The highest BCUT2D eigenvalue weighted by Gasteiger charge is 2.15. The van der Waals surface area contributed by atoms with E-state index in [1.165, 1.54) is 0 Å². The van der Waals surface area contributed by atoms with Crippen LogP contribution in [0.1, 0.15) is 26.3 Å². The van der Waals surface area contributed by atoms with E-state index in [9.17, 15) is 4.79 Å². The lowest BCUT2D eigenvalue weighted by molar-refractivity contribution is 0.0523. The first kappa shape index (κ1) is 11.5. The van der Waals surface area contributed by atoms with Crippen molar-refractivity contribution in [2.75, 3.05) is 0 Å². The summed E-state index contributed by atoms with van der Waals surface area (Å²) in [6.07, 6.45) is 2.97. The van der Waals surface area contributed by atoms with Crippen LogP contribution in [0.15, 0.2) is 24.5 Å². The zero-order valence-electron chi connectivity index (χ0n) is 9.28. The van der Waals surface area contributed by atoms with Crippen molar-refractivity contribution in [1.29, 1.82) is 0 Å². The van der Waals surface area contributed by atoms with E-state index in [1.807, 2.05) is 32.9 Å². The van der Waals surface area contributed by atoms with Crippen LogP contribution in [0.3, 0.4) is 0 Å². The van der Waals surface area contributed by atoms with Crippen molar-refractivity contribution in [3.8, 4) is 0 Å². The minimum absolute atomic E-state index is 0.403. The predicted molar refractivity (Wildman–Crippen MR) is 57.3 cm³/mol. The molecular formula is C11H16N2O2. The molecule has 1 N–H and O–H groups in total. The monoisotopic (exact) mass is 208 g/mol. The number of carbonyl (C=O) groups excluding carboxylic acids is 1. The molecule has 0 spiro atoms. The molecule has 0 aromatic carbocycles. The summed E-state index contributed by atoms with van der Waals surface area (Å²) >= 11 is 0. The van der Waals surface area contributed by atoms with Crippen LogP contribution in [0.25, 0.3) is 0 Å². The maximum atomic E-state index is 11.3. The lowest BCUT2D eigenvalue weighted by atomic mass is 10.2. The molecule has 0 bridgehead atoms. The van der Waals surface area contributed by atoms with Crippen molar-refractivity contribution in [1.82, 2.24) is 10.3 Å². The van der Waals surface area contributed by atoms with Gasteiger partial charge in [-0.2, -0.15) is 0 Å². The lowest BCUT2D eigenvalue weighted by Gasteiger charge is -2.19. The van der Waals surface area contributed by atoms with Gasteiger partial charge in [0.1, 0.15) is 5.60 Å². The van der Waals surface area contributed by atoms with E-state index in [1.54, 1.807) is 12.4 Å². The number of rotatable bonds is 2. The van der Waals surface area contributed by atoms with Gasteiger partial charge < -0.3 is 10.1 Å². The molecule has 82 valence electrons. The van der Waals surface area contributed by atoms with E-state index in [0.717, 1.165) is 5.56 Å². The van der Waals surface area contributed by atoms with Gasteiger partial charge in [-0.25, -0.2) is 4.79 Å². The molecule has 15 heavy (non-hydrogen) atoms. The number of nitrogens with zero attached hydrogens (tertiary/aromatic N) is 1. The van der Waals surface area contributed by atoms with Crippen LogP contribution in [0.4, 0.5) is 4.79 Å². The number of amides is 1. The first-order chi connectivity index (χ1) is 6.97. The van der Waals surface area contributed by atoms with Crippen LogP contribution in [-0.2, 0) is 11.3 Å². The van der Waals surface area contributed by atoms with E-state index in [4.69, 9.17) is 4.74 Å². The molecule has 0 aliphatic heterocycles. The highest BCUT2D eigenvalue weighted by Crippen LogP contribution is 2.06. The van der Waals surface area contributed by atoms with E-state index in [0.29, 0.717) is 6.54 Å². The van der Waals surface area contributed by atoms with E-state index in [2.05, 4.69) is 10.3 Å². The smallest absolute Gasteiger partial charge is 0.407 e. The zero-order chi connectivity index (χ0) is 11.3. The molecular weight excluding hydrogens is 192 g/mol. The average Bonchev–Trinajstić information content (AvgIpc) is 2.14. The number of carbonyl (C=O) groups is 1. The molecule has 1 aromatic heterocycles. The summed E-state index contributed by atoms with van der Waals surface area (Å²) in [5, 5.41) is 2.67. The summed E-state index contributed by atoms with van der Waals surface area (Å²) in [7, 11) is 0. The minimum atomic E-state index is -0.456. The number of pyridine rings is 1. The molecule has 1 heterocycles. The largest absolute Gasteiger partial charge is 0.444 e. The second-order valence-electron chi connectivity index (χ2n) is 4.21. The molecule has 1 amide bonds. The molecule has 0 radical (unpaired) electrons. The predicted octanol–water partition coefficient (Wildman–Crippen LogP) is 2.11. The fourth-order valence-electron chi connectivity index (χ4n) is 0.989. The summed E-state index contributed by atoms with van der Waals surface area (Å²) in [6, 6.07) is 3.69. The summed E-state index contributed by atoms with van der Waals surface area (Å²) < 4.78 is 5.09. The molecule has 0 unspecified atom stereocenters. The first-order valence-corrected chi connectivity index (χ1v) is 4.83. The highest BCUT2D eigenvalue weighted by atomic mass is 16.6. The summed E-state index contributed by atoms with van der Waals surface area (Å²) in [4.78, 5) is 15.2. The van der Waals surface area contributed by atoms with Gasteiger partial charge in [0.25, 0.3) is 0 Å². The van der Waals surface area contributed by atoms with Gasteiger partial charge in [-0.15, -0.1) is 0 Å². The topological polar surface area (TPSA) is 51.2 Å². The maximum Gasteiger partial charge on any atom is 0.407 e. The van der Waals surface area contributed by atoms with Gasteiger partial charge in [0.05, 0.1) is 0 Å². The summed E-state index contributed by atoms with van der Waals surface area (Å²) in [6.45, 7) is 5.95. The Balaban J connectivity index is 2.35. The van der Waals surface area contributed by atoms with Crippen molar-refractivity contribution in [2.45, 2.75) is 32.9 Å². The van der Waals surface area contributed by atoms with Crippen molar-refractivity contribution in [3.63, 3.8) is 0 Å². The third-order valence-corrected chi connectivity index (χ3v) is 1.59. The number of nitrogens with one attached hydrogen (secondary N) is 1. The van der Waals surface area contributed by atoms with E-state index in [-0.39, 0.29) is 0 Å². The minimum Gasteiger partial charge on any atom is -0.444 e. The molecule has 0 aliphatic carbocycles. The van der Waals surface area contributed by atoms with Gasteiger partial charge >= 0.3 is 6.09 Å². The normalized spacial score (nSPS) is 10.9. The van der Waals surface area contributed by atoms with Gasteiger partial charge in [-0.3, -0.25) is 4.98 Å². The summed E-state index contributed by atoms with van der Waals surface area (Å²) in [5.74, 6) is 0. The third kappa shape index (κ3) is 5.00. The van der Waals surface area contributed by atoms with Crippen molar-refractivity contribution in [3.05, 3.63) is 30.1 Å². The van der Waals surface area contributed by atoms with Crippen LogP contribution in [-0.4, -0.2) is 16.7 Å². The third-order valence-electron chi connectivity index (χ3n) is 1.59. The van der Waals surface area contributed by atoms with Crippen LogP contribution in [0.2, 0.25) is 0 Å². The van der Waals surface area contributed by atoms with Gasteiger partial charge in [0.15, 0.2) is 0 Å². The highest BCUT2D eigenvalue weighted by molar-refractivity contribution is 5.67. The first-order valence-electron chi connectivity index (χ1n) is 4.83. The molecule has 4 heteroatoms. The van der Waals surface area contributed by atoms with Gasteiger partial charge in [-0.1, -0.05) is 0 Å². The van der Waals surface area contributed by atoms with Crippen LogP contribution >= 0.6 is 0 Å². The van der Waals surface area contributed by atoms with E-state index >= 15 is 0 Å². The zero-order valence-corrected chi connectivity index (χ0v) is 9.28. The van der Waals surface area contributed by atoms with Gasteiger partial charge in [0, 0.05) is 18.9 Å². The number of ether oxygens (including phenoxy) is 1. The number of alkyl carbamates (subject to hydrolysis) is 1. The van der Waals surface area contributed by atoms with Crippen LogP contribution in [0, 0.1) is 0 Å². The fourth-order valence-corrected chi connectivity index (χ4v) is 0.989. The molecule has 4 nitrogen and oxygen atoms in total. The van der Waals surface area contributed by atoms with Crippen LogP contribution < -0.4 is 5.32 Å². The number of hydrogen-bond acceptors (Lipinski definition) is 3. The van der Waals surface area contributed by atoms with Crippen LogP contribution in [0.5, 0.6) is 0 Å². The van der Waals surface area contributed by atoms with E-state index < -0.39 is 11.7 Å². The molecule has 0 saturated carbocycles. The van der Waals surface area contributed by atoms with Crippen molar-refractivity contribution < 1.29 is 9.53 Å². The molecule has 1 aromatic rings. The summed E-state index contributed by atoms with van der Waals surface area (Å²) in [5.41, 5.74) is 0.540. The molecule has 0 atom stereocenters. The SMILES string of the molecule is CC(C)(C)OC(=O)NCc1ccncc1. The average molecular weight is 208 g/mol. The second-order valence-corrected chi connectivity index (χ2v) is 4.21. The fraction of sp³-hybridized carbons (Fsp3) is 0.455. The van der Waals surface area contributed by atoms with Gasteiger partial charge in [0.2, 0.25) is 0 Å². The number of aromatic nitrogens is 1. The molecule has 1 rings (SSSR count). The Hall–Kier alpha value is -1.58. The molecule has 0 saturated heterocycles. The Bertz CT molecular complexity index is 317. The lowest BCUT2D eigenvalue weighted by Crippen LogP contribution is -2.32.